The minimum absolute atomic E-state index is 0.208. The van der Waals surface area contributed by atoms with Crippen LogP contribution in [0.3, 0.4) is 0 Å². The highest BCUT2D eigenvalue weighted by molar-refractivity contribution is 9.10. The molecule has 0 spiro atoms. The van der Waals surface area contributed by atoms with E-state index in [1.54, 1.807) is 12.1 Å². The zero-order valence-electron chi connectivity index (χ0n) is 9.71. The van der Waals surface area contributed by atoms with Gasteiger partial charge in [-0.05, 0) is 48.9 Å². The van der Waals surface area contributed by atoms with E-state index in [-0.39, 0.29) is 11.7 Å². The zero-order chi connectivity index (χ0) is 13.1. The van der Waals surface area contributed by atoms with Crippen LogP contribution in [0.4, 0.5) is 10.1 Å². The molecule has 2 aromatic rings. The van der Waals surface area contributed by atoms with Gasteiger partial charge in [0.1, 0.15) is 5.82 Å². The molecule has 2 rings (SSSR count). The number of nitrogens with one attached hydrogen (secondary N) is 1. The van der Waals surface area contributed by atoms with Gasteiger partial charge < -0.3 is 5.32 Å². The van der Waals surface area contributed by atoms with E-state index in [0.717, 1.165) is 10.0 Å². The van der Waals surface area contributed by atoms with Gasteiger partial charge in [0.15, 0.2) is 0 Å². The van der Waals surface area contributed by atoms with Crippen LogP contribution in [-0.2, 0) is 0 Å². The lowest BCUT2D eigenvalue weighted by Crippen LogP contribution is -2.13. The summed E-state index contributed by atoms with van der Waals surface area (Å²) in [6.45, 7) is 1.86. The van der Waals surface area contributed by atoms with Gasteiger partial charge in [-0.1, -0.05) is 22.0 Å². The molecule has 92 valence electrons. The summed E-state index contributed by atoms with van der Waals surface area (Å²) >= 11 is 3.38. The Kier molecular flexibility index (Phi) is 3.77. The van der Waals surface area contributed by atoms with Crippen molar-refractivity contribution in [2.75, 3.05) is 5.32 Å². The first-order valence-corrected chi connectivity index (χ1v) is 6.19. The summed E-state index contributed by atoms with van der Waals surface area (Å²) in [5.41, 5.74) is 2.03. The summed E-state index contributed by atoms with van der Waals surface area (Å²) in [7, 11) is 0. The van der Waals surface area contributed by atoms with Gasteiger partial charge in [0, 0.05) is 15.7 Å². The normalized spacial score (nSPS) is 10.2. The van der Waals surface area contributed by atoms with Gasteiger partial charge in [-0.2, -0.15) is 0 Å². The van der Waals surface area contributed by atoms with Crippen LogP contribution in [0.15, 0.2) is 46.9 Å². The summed E-state index contributed by atoms with van der Waals surface area (Å²) in [5.74, 6) is -0.535. The van der Waals surface area contributed by atoms with Crippen LogP contribution < -0.4 is 5.32 Å². The minimum atomic E-state index is -0.327. The molecule has 0 bridgehead atoms. The number of anilines is 1. The number of halogens is 2. The van der Waals surface area contributed by atoms with E-state index in [2.05, 4.69) is 21.2 Å². The van der Waals surface area contributed by atoms with Crippen molar-refractivity contribution in [2.45, 2.75) is 6.92 Å². The van der Waals surface area contributed by atoms with E-state index in [1.165, 1.54) is 24.3 Å². The van der Waals surface area contributed by atoms with Crippen molar-refractivity contribution in [3.63, 3.8) is 0 Å². The first-order valence-electron chi connectivity index (χ1n) is 5.40. The molecule has 1 N–H and O–H groups in total. The van der Waals surface area contributed by atoms with Gasteiger partial charge >= 0.3 is 0 Å². The van der Waals surface area contributed by atoms with Gasteiger partial charge in [-0.3, -0.25) is 4.79 Å². The molecule has 0 aromatic heterocycles. The van der Waals surface area contributed by atoms with Crippen LogP contribution in [0.5, 0.6) is 0 Å². The van der Waals surface area contributed by atoms with E-state index in [4.69, 9.17) is 0 Å². The van der Waals surface area contributed by atoms with Crippen LogP contribution in [0, 0.1) is 12.7 Å². The van der Waals surface area contributed by atoms with Crippen LogP contribution in [0.1, 0.15) is 15.9 Å². The molecule has 0 aliphatic heterocycles. The number of carbonyl (C=O) groups is 1. The maximum absolute atomic E-state index is 12.7. The molecule has 2 nitrogen and oxygen atoms in total. The topological polar surface area (TPSA) is 29.1 Å². The lowest BCUT2D eigenvalue weighted by Gasteiger charge is -2.08. The third-order valence-corrected chi connectivity index (χ3v) is 3.47. The molecule has 18 heavy (non-hydrogen) atoms. The maximum atomic E-state index is 12.7. The molecular weight excluding hydrogens is 297 g/mol. The van der Waals surface area contributed by atoms with Crippen molar-refractivity contribution >= 4 is 27.5 Å². The molecule has 2 aromatic carbocycles. The predicted octanol–water partition coefficient (Wildman–Crippen LogP) is 4.15. The number of rotatable bonds is 2. The minimum Gasteiger partial charge on any atom is -0.322 e. The first kappa shape index (κ1) is 12.8. The molecule has 0 aliphatic carbocycles. The van der Waals surface area contributed by atoms with Gasteiger partial charge in [0.25, 0.3) is 5.91 Å². The molecule has 0 saturated heterocycles. The fourth-order valence-corrected chi connectivity index (χ4v) is 1.95. The Morgan fingerprint density at radius 3 is 2.50 bits per heavy atom. The molecule has 0 aliphatic rings. The number of carbonyl (C=O) groups excluding carboxylic acids is 1. The standard InChI is InChI=1S/C14H11BrFNO/c1-9-12(3-2-4-13(9)15)14(18)17-11-7-5-10(16)6-8-11/h2-8H,1H3,(H,17,18). The summed E-state index contributed by atoms with van der Waals surface area (Å²) in [6, 6.07) is 11.1. The predicted molar refractivity (Wildman–Crippen MR) is 73.2 cm³/mol. The third kappa shape index (κ3) is 2.76. The number of hydrogen-bond acceptors (Lipinski definition) is 1. The Bertz CT molecular complexity index is 581. The van der Waals surface area contributed by atoms with Crippen molar-refractivity contribution in [3.05, 3.63) is 63.9 Å². The monoisotopic (exact) mass is 307 g/mol. The van der Waals surface area contributed by atoms with Crippen molar-refractivity contribution in [3.8, 4) is 0 Å². The van der Waals surface area contributed by atoms with Crippen LogP contribution >= 0.6 is 15.9 Å². The molecule has 0 unspecified atom stereocenters. The third-order valence-electron chi connectivity index (χ3n) is 2.61. The van der Waals surface area contributed by atoms with E-state index in [1.807, 2.05) is 13.0 Å². The molecular formula is C14H11BrFNO. The number of hydrogen-bond donors (Lipinski definition) is 1. The molecule has 1 amide bonds. The molecule has 0 heterocycles. The Balaban J connectivity index is 2.22. The van der Waals surface area contributed by atoms with Crippen LogP contribution in [0.25, 0.3) is 0 Å². The Hall–Kier alpha value is -1.68. The quantitative estimate of drug-likeness (QED) is 0.887. The summed E-state index contributed by atoms with van der Waals surface area (Å²) in [6.07, 6.45) is 0. The van der Waals surface area contributed by atoms with Crippen LogP contribution in [0.2, 0.25) is 0 Å². The largest absolute Gasteiger partial charge is 0.322 e. The summed E-state index contributed by atoms with van der Waals surface area (Å²) in [4.78, 5) is 12.0. The molecule has 0 saturated carbocycles. The van der Waals surface area contributed by atoms with Gasteiger partial charge in [-0.15, -0.1) is 0 Å². The van der Waals surface area contributed by atoms with Crippen molar-refractivity contribution in [1.29, 1.82) is 0 Å². The molecule has 0 radical (unpaired) electrons. The summed E-state index contributed by atoms with van der Waals surface area (Å²) in [5, 5.41) is 2.73. The molecule has 4 heteroatoms. The average Bonchev–Trinajstić information content (AvgIpc) is 2.35. The van der Waals surface area contributed by atoms with Crippen molar-refractivity contribution in [2.24, 2.45) is 0 Å². The first-order chi connectivity index (χ1) is 8.58. The molecule has 0 fully saturated rings. The lowest BCUT2D eigenvalue weighted by molar-refractivity contribution is 0.102. The number of benzene rings is 2. The Labute approximate surface area is 113 Å². The fourth-order valence-electron chi connectivity index (χ4n) is 1.59. The second kappa shape index (κ2) is 5.31. The van der Waals surface area contributed by atoms with E-state index < -0.39 is 0 Å². The smallest absolute Gasteiger partial charge is 0.255 e. The van der Waals surface area contributed by atoms with Gasteiger partial charge in [0.2, 0.25) is 0 Å². The highest BCUT2D eigenvalue weighted by atomic mass is 79.9. The van der Waals surface area contributed by atoms with E-state index in [0.29, 0.717) is 11.3 Å². The van der Waals surface area contributed by atoms with E-state index >= 15 is 0 Å². The highest BCUT2D eigenvalue weighted by Crippen LogP contribution is 2.20. The summed E-state index contributed by atoms with van der Waals surface area (Å²) < 4.78 is 13.6. The van der Waals surface area contributed by atoms with E-state index in [9.17, 15) is 9.18 Å². The molecule has 0 atom stereocenters. The SMILES string of the molecule is Cc1c(Br)cccc1C(=O)Nc1ccc(F)cc1. The van der Waals surface area contributed by atoms with Gasteiger partial charge in [0.05, 0.1) is 0 Å². The maximum Gasteiger partial charge on any atom is 0.255 e. The second-order valence-electron chi connectivity index (χ2n) is 3.87. The van der Waals surface area contributed by atoms with Crippen molar-refractivity contribution < 1.29 is 9.18 Å². The van der Waals surface area contributed by atoms with Gasteiger partial charge in [-0.25, -0.2) is 4.39 Å². The Morgan fingerprint density at radius 2 is 1.83 bits per heavy atom. The van der Waals surface area contributed by atoms with Crippen molar-refractivity contribution in [1.82, 2.24) is 0 Å². The average molecular weight is 308 g/mol. The number of amides is 1. The van der Waals surface area contributed by atoms with Crippen LogP contribution in [-0.4, -0.2) is 5.91 Å². The fraction of sp³-hybridized carbons (Fsp3) is 0.0714. The second-order valence-corrected chi connectivity index (χ2v) is 4.73. The lowest BCUT2D eigenvalue weighted by atomic mass is 10.1. The highest BCUT2D eigenvalue weighted by Gasteiger charge is 2.10. The Morgan fingerprint density at radius 1 is 1.17 bits per heavy atom. The zero-order valence-corrected chi connectivity index (χ0v) is 11.3.